The van der Waals surface area contributed by atoms with Crippen molar-refractivity contribution in [2.24, 2.45) is 10.9 Å². The van der Waals surface area contributed by atoms with Gasteiger partial charge in [0.25, 0.3) is 0 Å². The fraction of sp³-hybridized carbons (Fsp3) is 0.385. The van der Waals surface area contributed by atoms with Gasteiger partial charge < -0.3 is 5.73 Å². The molecule has 2 rings (SSSR count). The molecule has 1 aromatic heterocycles. The molecule has 2 aromatic rings. The van der Waals surface area contributed by atoms with Gasteiger partial charge in [0.2, 0.25) is 10.0 Å². The molecule has 0 radical (unpaired) electrons. The van der Waals surface area contributed by atoms with E-state index in [1.807, 2.05) is 0 Å². The maximum absolute atomic E-state index is 11.3. The quantitative estimate of drug-likeness (QED) is 0.815. The predicted molar refractivity (Wildman–Crippen MR) is 79.2 cm³/mol. The average molecular weight is 309 g/mol. The Bertz CT molecular complexity index is 707. The molecule has 0 aliphatic heterocycles. The summed E-state index contributed by atoms with van der Waals surface area (Å²) in [5.41, 5.74) is 8.14. The summed E-state index contributed by atoms with van der Waals surface area (Å²) >= 11 is 0. The van der Waals surface area contributed by atoms with Crippen LogP contribution in [0.5, 0.6) is 0 Å². The molecule has 4 N–H and O–H groups in total. The van der Waals surface area contributed by atoms with Crippen molar-refractivity contribution in [2.45, 2.75) is 37.6 Å². The van der Waals surface area contributed by atoms with Gasteiger partial charge in [-0.2, -0.15) is 0 Å². The number of hydrogen-bond donors (Lipinski definition) is 2. The van der Waals surface area contributed by atoms with E-state index in [4.69, 9.17) is 10.9 Å². The molecule has 0 saturated heterocycles. The highest BCUT2D eigenvalue weighted by Gasteiger charge is 2.14. The third kappa shape index (κ3) is 3.46. The summed E-state index contributed by atoms with van der Waals surface area (Å²) in [7, 11) is -3.69. The molecule has 114 valence electrons. The molecule has 0 spiro atoms. The number of rotatable bonds is 6. The lowest BCUT2D eigenvalue weighted by molar-refractivity contribution is 0.597. The van der Waals surface area contributed by atoms with Crippen LogP contribution in [-0.2, 0) is 23.0 Å². The Balaban J connectivity index is 2.39. The first-order valence-electron chi connectivity index (χ1n) is 6.74. The van der Waals surface area contributed by atoms with Crippen LogP contribution in [0.15, 0.2) is 29.2 Å². The highest BCUT2D eigenvalue weighted by atomic mass is 32.2. The van der Waals surface area contributed by atoms with E-state index >= 15 is 0 Å². The number of nitrogens with two attached hydrogens (primary N) is 2. The molecular weight excluding hydrogens is 290 g/mol. The monoisotopic (exact) mass is 309 g/mol. The van der Waals surface area contributed by atoms with Crippen molar-refractivity contribution in [1.82, 2.24) is 15.0 Å². The van der Waals surface area contributed by atoms with Crippen molar-refractivity contribution in [2.75, 3.05) is 0 Å². The normalized spacial score (nSPS) is 11.8. The molecule has 1 aromatic carbocycles. The van der Waals surface area contributed by atoms with Gasteiger partial charge in [0.15, 0.2) is 0 Å². The van der Waals surface area contributed by atoms with Crippen LogP contribution < -0.4 is 10.9 Å². The van der Waals surface area contributed by atoms with Gasteiger partial charge in [-0.25, -0.2) is 18.2 Å². The minimum Gasteiger partial charge on any atom is -0.325 e. The lowest BCUT2D eigenvalue weighted by Gasteiger charge is -2.08. The topological polar surface area (TPSA) is 117 Å². The number of sulfonamides is 1. The third-order valence-corrected chi connectivity index (χ3v) is 4.14. The Kier molecular flexibility index (Phi) is 4.71. The van der Waals surface area contributed by atoms with Crippen molar-refractivity contribution in [3.63, 3.8) is 0 Å². The molecule has 0 unspecified atom stereocenters. The van der Waals surface area contributed by atoms with Gasteiger partial charge in [-0.3, -0.25) is 0 Å². The van der Waals surface area contributed by atoms with Gasteiger partial charge in [-0.15, -0.1) is 5.10 Å². The fourth-order valence-corrected chi connectivity index (χ4v) is 2.59. The first-order chi connectivity index (χ1) is 9.97. The van der Waals surface area contributed by atoms with Crippen molar-refractivity contribution >= 4 is 10.0 Å². The predicted octanol–water partition coefficient (Wildman–Crippen LogP) is 0.716. The van der Waals surface area contributed by atoms with Crippen LogP contribution in [0.3, 0.4) is 0 Å². The first-order valence-corrected chi connectivity index (χ1v) is 8.28. The average Bonchev–Trinajstić information content (AvgIpc) is 2.87. The number of aromatic nitrogens is 3. The Morgan fingerprint density at radius 3 is 2.43 bits per heavy atom. The van der Waals surface area contributed by atoms with Crippen molar-refractivity contribution in [1.29, 1.82) is 0 Å². The maximum Gasteiger partial charge on any atom is 0.238 e. The highest BCUT2D eigenvalue weighted by Crippen LogP contribution is 2.17. The van der Waals surface area contributed by atoms with Crippen LogP contribution in [0.1, 0.15) is 31.2 Å². The van der Waals surface area contributed by atoms with E-state index in [0.717, 1.165) is 36.3 Å². The Hall–Kier alpha value is -1.77. The molecule has 7 nitrogen and oxygen atoms in total. The van der Waals surface area contributed by atoms with Gasteiger partial charge in [0, 0.05) is 6.54 Å². The van der Waals surface area contributed by atoms with E-state index in [9.17, 15) is 8.42 Å². The molecule has 8 heteroatoms. The lowest BCUT2D eigenvalue weighted by Crippen LogP contribution is -2.12. The third-order valence-electron chi connectivity index (χ3n) is 3.21. The molecule has 1 heterocycles. The van der Waals surface area contributed by atoms with Gasteiger partial charge in [-0.1, -0.05) is 18.6 Å². The van der Waals surface area contributed by atoms with Crippen molar-refractivity contribution < 1.29 is 8.42 Å². The summed E-state index contributed by atoms with van der Waals surface area (Å²) in [5, 5.41) is 13.3. The van der Waals surface area contributed by atoms with Gasteiger partial charge in [0.1, 0.15) is 0 Å². The minimum absolute atomic E-state index is 0.0699. The zero-order chi connectivity index (χ0) is 15.5. The largest absolute Gasteiger partial charge is 0.325 e. The Morgan fingerprint density at radius 1 is 1.24 bits per heavy atom. The fourth-order valence-electron chi connectivity index (χ4n) is 2.07. The summed E-state index contributed by atoms with van der Waals surface area (Å²) < 4.78 is 24.2. The lowest BCUT2D eigenvalue weighted by atomic mass is 10.1. The zero-order valence-electron chi connectivity index (χ0n) is 11.9. The number of benzene rings is 1. The SMILES string of the molecule is CCCCc1c(CN)nnn1-c1ccc(S(N)(=O)=O)cc1. The molecule has 0 bridgehead atoms. The van der Waals surface area contributed by atoms with E-state index in [1.165, 1.54) is 12.1 Å². The molecule has 21 heavy (non-hydrogen) atoms. The van der Waals surface area contributed by atoms with E-state index < -0.39 is 10.0 Å². The van der Waals surface area contributed by atoms with Crippen molar-refractivity contribution in [3.8, 4) is 5.69 Å². The van der Waals surface area contributed by atoms with E-state index in [2.05, 4.69) is 17.2 Å². The standard InChI is InChI=1S/C13H19N5O2S/c1-2-3-4-13-12(9-14)16-17-18(13)10-5-7-11(8-6-10)21(15,19)20/h5-8H,2-4,9,14H2,1H3,(H2,15,19,20). The summed E-state index contributed by atoms with van der Waals surface area (Å²) in [4.78, 5) is 0.0699. The smallest absolute Gasteiger partial charge is 0.238 e. The second kappa shape index (κ2) is 6.33. The van der Waals surface area contributed by atoms with E-state index in [0.29, 0.717) is 6.54 Å². The van der Waals surface area contributed by atoms with Gasteiger partial charge in [-0.05, 0) is 37.1 Å². The summed E-state index contributed by atoms with van der Waals surface area (Å²) in [6.45, 7) is 2.44. The van der Waals surface area contributed by atoms with E-state index in [1.54, 1.807) is 16.8 Å². The first kappa shape index (κ1) is 15.6. The van der Waals surface area contributed by atoms with Crippen LogP contribution in [0, 0.1) is 0 Å². The van der Waals surface area contributed by atoms with Crippen LogP contribution in [-0.4, -0.2) is 23.4 Å². The number of unbranched alkanes of at least 4 members (excludes halogenated alkanes) is 1. The number of hydrogen-bond acceptors (Lipinski definition) is 5. The van der Waals surface area contributed by atoms with E-state index in [-0.39, 0.29) is 4.90 Å². The molecular formula is C13H19N5O2S. The highest BCUT2D eigenvalue weighted by molar-refractivity contribution is 7.89. The Morgan fingerprint density at radius 2 is 1.90 bits per heavy atom. The summed E-state index contributed by atoms with van der Waals surface area (Å²) in [5.74, 6) is 0. The van der Waals surface area contributed by atoms with Crippen LogP contribution in [0.2, 0.25) is 0 Å². The zero-order valence-corrected chi connectivity index (χ0v) is 12.7. The minimum atomic E-state index is -3.69. The van der Waals surface area contributed by atoms with Crippen LogP contribution in [0.4, 0.5) is 0 Å². The van der Waals surface area contributed by atoms with Gasteiger partial charge in [0.05, 0.1) is 22.0 Å². The number of primary sulfonamides is 1. The van der Waals surface area contributed by atoms with Crippen LogP contribution in [0.25, 0.3) is 5.69 Å². The van der Waals surface area contributed by atoms with Crippen LogP contribution >= 0.6 is 0 Å². The molecule has 0 fully saturated rings. The second-order valence-electron chi connectivity index (χ2n) is 4.74. The second-order valence-corrected chi connectivity index (χ2v) is 6.30. The molecule has 0 aliphatic carbocycles. The molecule has 0 saturated carbocycles. The molecule has 0 aliphatic rings. The molecule has 0 amide bonds. The Labute approximate surface area is 124 Å². The number of nitrogens with zero attached hydrogens (tertiary/aromatic N) is 3. The summed E-state index contributed by atoms with van der Waals surface area (Å²) in [6.07, 6.45) is 2.89. The van der Waals surface area contributed by atoms with Gasteiger partial charge >= 0.3 is 0 Å². The molecule has 0 atom stereocenters. The summed E-state index contributed by atoms with van der Waals surface area (Å²) in [6, 6.07) is 6.23. The van der Waals surface area contributed by atoms with Crippen molar-refractivity contribution in [3.05, 3.63) is 35.7 Å². The maximum atomic E-state index is 11.3.